The zero-order valence-electron chi connectivity index (χ0n) is 13.5. The predicted molar refractivity (Wildman–Crippen MR) is 92.1 cm³/mol. The van der Waals surface area contributed by atoms with Crippen LogP contribution in [0, 0.1) is 0 Å². The smallest absolute Gasteiger partial charge is 0.335 e. The van der Waals surface area contributed by atoms with Crippen LogP contribution in [0.1, 0.15) is 40.7 Å². The van der Waals surface area contributed by atoms with Crippen LogP contribution < -0.4 is 5.32 Å². The SMILES string of the molecule is O=C(O)c1ccc(CCNC(=O)C2(c3ccccc3)CCC2)cc1. The molecule has 1 amide bonds. The van der Waals surface area contributed by atoms with Gasteiger partial charge in [-0.3, -0.25) is 4.79 Å². The maximum absolute atomic E-state index is 12.7. The second-order valence-electron chi connectivity index (χ2n) is 6.31. The summed E-state index contributed by atoms with van der Waals surface area (Å²) in [6, 6.07) is 16.8. The highest BCUT2D eigenvalue weighted by Crippen LogP contribution is 2.43. The maximum Gasteiger partial charge on any atom is 0.335 e. The van der Waals surface area contributed by atoms with Gasteiger partial charge in [0.1, 0.15) is 0 Å². The van der Waals surface area contributed by atoms with Crippen molar-refractivity contribution in [3.8, 4) is 0 Å². The van der Waals surface area contributed by atoms with E-state index >= 15 is 0 Å². The predicted octanol–water partition coefficient (Wildman–Crippen LogP) is 3.17. The Hall–Kier alpha value is -2.62. The fourth-order valence-electron chi connectivity index (χ4n) is 3.24. The molecule has 2 aromatic carbocycles. The molecule has 0 spiro atoms. The topological polar surface area (TPSA) is 66.4 Å². The van der Waals surface area contributed by atoms with Crippen molar-refractivity contribution in [3.63, 3.8) is 0 Å². The Morgan fingerprint density at radius 2 is 1.67 bits per heavy atom. The highest BCUT2D eigenvalue weighted by atomic mass is 16.4. The van der Waals surface area contributed by atoms with Gasteiger partial charge in [-0.15, -0.1) is 0 Å². The van der Waals surface area contributed by atoms with E-state index in [1.54, 1.807) is 24.3 Å². The highest BCUT2D eigenvalue weighted by Gasteiger charge is 2.45. The van der Waals surface area contributed by atoms with Crippen molar-refractivity contribution in [2.24, 2.45) is 0 Å². The van der Waals surface area contributed by atoms with E-state index in [-0.39, 0.29) is 16.9 Å². The van der Waals surface area contributed by atoms with Crippen molar-refractivity contribution in [3.05, 3.63) is 71.3 Å². The molecule has 0 aliphatic heterocycles. The van der Waals surface area contributed by atoms with Gasteiger partial charge in [0, 0.05) is 6.54 Å². The zero-order valence-corrected chi connectivity index (χ0v) is 13.5. The average Bonchev–Trinajstić information content (AvgIpc) is 2.55. The molecule has 0 aromatic heterocycles. The van der Waals surface area contributed by atoms with Crippen molar-refractivity contribution in [1.29, 1.82) is 0 Å². The van der Waals surface area contributed by atoms with E-state index < -0.39 is 5.97 Å². The van der Waals surface area contributed by atoms with Crippen LogP contribution in [0.15, 0.2) is 54.6 Å². The van der Waals surface area contributed by atoms with Crippen molar-refractivity contribution >= 4 is 11.9 Å². The molecule has 2 aromatic rings. The first-order valence-electron chi connectivity index (χ1n) is 8.28. The van der Waals surface area contributed by atoms with Crippen molar-refractivity contribution in [2.45, 2.75) is 31.1 Å². The van der Waals surface area contributed by atoms with Crippen LogP contribution in [0.2, 0.25) is 0 Å². The molecule has 124 valence electrons. The molecule has 4 heteroatoms. The van der Waals surface area contributed by atoms with E-state index in [0.717, 1.165) is 30.4 Å². The van der Waals surface area contributed by atoms with Gasteiger partial charge in [-0.05, 0) is 42.5 Å². The first-order valence-corrected chi connectivity index (χ1v) is 8.28. The summed E-state index contributed by atoms with van der Waals surface area (Å²) in [6.07, 6.45) is 3.57. The molecule has 1 saturated carbocycles. The lowest BCUT2D eigenvalue weighted by Crippen LogP contribution is -2.49. The van der Waals surface area contributed by atoms with Crippen LogP contribution in [0.4, 0.5) is 0 Å². The summed E-state index contributed by atoms with van der Waals surface area (Å²) in [5.41, 5.74) is 2.02. The minimum atomic E-state index is -0.926. The molecule has 0 radical (unpaired) electrons. The van der Waals surface area contributed by atoms with Crippen molar-refractivity contribution in [2.75, 3.05) is 6.54 Å². The lowest BCUT2D eigenvalue weighted by molar-refractivity contribution is -0.129. The molecule has 0 heterocycles. The molecule has 2 N–H and O–H groups in total. The Morgan fingerprint density at radius 1 is 1.00 bits per heavy atom. The molecule has 0 unspecified atom stereocenters. The number of carbonyl (C=O) groups excluding carboxylic acids is 1. The molecule has 3 rings (SSSR count). The summed E-state index contributed by atoms with van der Waals surface area (Å²) >= 11 is 0. The maximum atomic E-state index is 12.7. The summed E-state index contributed by atoms with van der Waals surface area (Å²) in [5, 5.41) is 12.0. The Morgan fingerprint density at radius 3 is 2.21 bits per heavy atom. The van der Waals surface area contributed by atoms with E-state index in [1.165, 1.54) is 0 Å². The van der Waals surface area contributed by atoms with Crippen LogP contribution in [0.25, 0.3) is 0 Å². The van der Waals surface area contributed by atoms with Crippen molar-refractivity contribution < 1.29 is 14.7 Å². The number of benzene rings is 2. The van der Waals surface area contributed by atoms with E-state index in [0.29, 0.717) is 13.0 Å². The molecule has 4 nitrogen and oxygen atoms in total. The normalized spacial score (nSPS) is 15.3. The number of hydrogen-bond donors (Lipinski definition) is 2. The summed E-state index contributed by atoms with van der Waals surface area (Å²) in [5.74, 6) is -0.827. The van der Waals surface area contributed by atoms with Crippen molar-refractivity contribution in [1.82, 2.24) is 5.32 Å². The Balaban J connectivity index is 1.58. The van der Waals surface area contributed by atoms with E-state index in [9.17, 15) is 9.59 Å². The summed E-state index contributed by atoms with van der Waals surface area (Å²) in [4.78, 5) is 23.5. The lowest BCUT2D eigenvalue weighted by Gasteiger charge is -2.40. The highest BCUT2D eigenvalue weighted by molar-refractivity contribution is 5.89. The van der Waals surface area contributed by atoms with Gasteiger partial charge in [0.15, 0.2) is 0 Å². The quantitative estimate of drug-likeness (QED) is 0.858. The number of carboxylic acid groups (broad SMARTS) is 1. The van der Waals surface area contributed by atoms with Gasteiger partial charge in [-0.25, -0.2) is 4.79 Å². The van der Waals surface area contributed by atoms with Crippen LogP contribution in [0.5, 0.6) is 0 Å². The Kier molecular flexibility index (Phi) is 4.65. The first kappa shape index (κ1) is 16.2. The van der Waals surface area contributed by atoms with Gasteiger partial charge in [0.25, 0.3) is 0 Å². The Bertz CT molecular complexity index is 718. The monoisotopic (exact) mass is 323 g/mol. The molecular formula is C20H21NO3. The molecule has 1 aliphatic rings. The number of hydrogen-bond acceptors (Lipinski definition) is 2. The minimum Gasteiger partial charge on any atom is -0.478 e. The van der Waals surface area contributed by atoms with E-state index in [4.69, 9.17) is 5.11 Å². The van der Waals surface area contributed by atoms with Gasteiger partial charge in [0.2, 0.25) is 5.91 Å². The number of amides is 1. The first-order chi connectivity index (χ1) is 11.6. The largest absolute Gasteiger partial charge is 0.478 e. The molecule has 0 saturated heterocycles. The molecule has 24 heavy (non-hydrogen) atoms. The number of rotatable bonds is 6. The van der Waals surface area contributed by atoms with Crippen LogP contribution >= 0.6 is 0 Å². The number of nitrogens with one attached hydrogen (secondary N) is 1. The second kappa shape index (κ2) is 6.87. The molecular weight excluding hydrogens is 302 g/mol. The standard InChI is InChI=1S/C20H21NO3/c22-18(23)16-9-7-15(8-10-16)11-14-21-19(24)20(12-4-13-20)17-5-2-1-3-6-17/h1-3,5-10H,4,11-14H2,(H,21,24)(H,22,23). The Labute approximate surface area is 141 Å². The second-order valence-corrected chi connectivity index (χ2v) is 6.31. The van der Waals surface area contributed by atoms with Gasteiger partial charge >= 0.3 is 5.97 Å². The van der Waals surface area contributed by atoms with Crippen LogP contribution in [0.3, 0.4) is 0 Å². The summed E-state index contributed by atoms with van der Waals surface area (Å²) in [7, 11) is 0. The third-order valence-electron chi connectivity index (χ3n) is 4.87. The summed E-state index contributed by atoms with van der Waals surface area (Å²) < 4.78 is 0. The average molecular weight is 323 g/mol. The minimum absolute atomic E-state index is 0.0992. The third kappa shape index (κ3) is 3.18. The molecule has 0 atom stereocenters. The molecule has 1 aliphatic carbocycles. The van der Waals surface area contributed by atoms with Gasteiger partial charge < -0.3 is 10.4 Å². The van der Waals surface area contributed by atoms with Crippen LogP contribution in [-0.2, 0) is 16.6 Å². The van der Waals surface area contributed by atoms with E-state index in [1.807, 2.05) is 30.3 Å². The number of carbonyl (C=O) groups is 2. The summed E-state index contributed by atoms with van der Waals surface area (Å²) in [6.45, 7) is 0.555. The zero-order chi connectivity index (χ0) is 17.0. The molecule has 1 fully saturated rings. The molecule has 0 bridgehead atoms. The van der Waals surface area contributed by atoms with Crippen LogP contribution in [-0.4, -0.2) is 23.5 Å². The van der Waals surface area contributed by atoms with Gasteiger partial charge in [-0.2, -0.15) is 0 Å². The number of carboxylic acids is 1. The van der Waals surface area contributed by atoms with Gasteiger partial charge in [0.05, 0.1) is 11.0 Å². The lowest BCUT2D eigenvalue weighted by atomic mass is 9.64. The van der Waals surface area contributed by atoms with Gasteiger partial charge in [-0.1, -0.05) is 48.9 Å². The third-order valence-corrected chi connectivity index (χ3v) is 4.87. The fraction of sp³-hybridized carbons (Fsp3) is 0.300. The van der Waals surface area contributed by atoms with E-state index in [2.05, 4.69) is 5.32 Å². The fourth-order valence-corrected chi connectivity index (χ4v) is 3.24. The number of aromatic carboxylic acids is 1.